The van der Waals surface area contributed by atoms with Gasteiger partial charge in [-0.3, -0.25) is 9.59 Å². The van der Waals surface area contributed by atoms with E-state index in [2.05, 4.69) is 5.32 Å². The molecule has 2 amide bonds. The van der Waals surface area contributed by atoms with Gasteiger partial charge in [-0.15, -0.1) is 0 Å². The van der Waals surface area contributed by atoms with E-state index in [0.717, 1.165) is 31.2 Å². The number of carbonyl (C=O) groups is 2. The summed E-state index contributed by atoms with van der Waals surface area (Å²) in [4.78, 5) is 27.2. The lowest BCUT2D eigenvalue weighted by atomic mass is 9.73. The van der Waals surface area contributed by atoms with E-state index < -0.39 is 12.1 Å². The molecular weight excluding hydrogens is 372 g/mol. The van der Waals surface area contributed by atoms with Crippen LogP contribution in [0.1, 0.15) is 51.0 Å². The van der Waals surface area contributed by atoms with Crippen LogP contribution in [0.5, 0.6) is 11.5 Å². The molecule has 1 aliphatic heterocycles. The molecule has 29 heavy (non-hydrogen) atoms. The van der Waals surface area contributed by atoms with Gasteiger partial charge >= 0.3 is 0 Å². The van der Waals surface area contributed by atoms with Crippen LogP contribution in [-0.4, -0.2) is 54.7 Å². The first-order valence-corrected chi connectivity index (χ1v) is 10.4. The monoisotopic (exact) mass is 404 g/mol. The predicted molar refractivity (Wildman–Crippen MR) is 109 cm³/mol. The first kappa shape index (κ1) is 21.4. The van der Waals surface area contributed by atoms with E-state index in [0.29, 0.717) is 24.5 Å². The minimum atomic E-state index is -0.942. The standard InChI is InChI=1S/C22H32N2O5/c1-15(25)20(24-14-22(12-19(24)26)9-5-4-6-10-22)21(27)23-13-16-7-8-17(28-2)18(11-16)29-3/h7-8,11,15,20,25H,4-6,9-10,12-14H2,1-3H3,(H,23,27)/t15-,20+/m1/s1. The summed E-state index contributed by atoms with van der Waals surface area (Å²) in [5.41, 5.74) is 0.823. The van der Waals surface area contributed by atoms with E-state index in [-0.39, 0.29) is 23.8 Å². The molecule has 2 N–H and O–H groups in total. The van der Waals surface area contributed by atoms with Crippen LogP contribution in [0.4, 0.5) is 0 Å². The summed E-state index contributed by atoms with van der Waals surface area (Å²) in [7, 11) is 3.13. The SMILES string of the molecule is COc1ccc(CNC(=O)[C@H]([C@@H](C)O)N2CC3(CCCCC3)CC2=O)cc1OC. The Morgan fingerprint density at radius 1 is 1.21 bits per heavy atom. The zero-order chi connectivity index (χ0) is 21.0. The second kappa shape index (κ2) is 9.03. The maximum Gasteiger partial charge on any atom is 0.245 e. The number of amides is 2. The second-order valence-corrected chi connectivity index (χ2v) is 8.35. The van der Waals surface area contributed by atoms with Crippen molar-refractivity contribution < 1.29 is 24.2 Å². The van der Waals surface area contributed by atoms with Gasteiger partial charge in [0.2, 0.25) is 11.8 Å². The molecule has 1 saturated heterocycles. The van der Waals surface area contributed by atoms with Crippen molar-refractivity contribution in [3.8, 4) is 11.5 Å². The van der Waals surface area contributed by atoms with Crippen molar-refractivity contribution in [3.05, 3.63) is 23.8 Å². The topological polar surface area (TPSA) is 88.1 Å². The molecule has 7 heteroatoms. The van der Waals surface area contributed by atoms with Crippen molar-refractivity contribution in [2.75, 3.05) is 20.8 Å². The van der Waals surface area contributed by atoms with Crippen molar-refractivity contribution in [3.63, 3.8) is 0 Å². The lowest BCUT2D eigenvalue weighted by Crippen LogP contribution is -2.53. The highest BCUT2D eigenvalue weighted by atomic mass is 16.5. The molecule has 1 aliphatic carbocycles. The molecule has 0 aromatic heterocycles. The van der Waals surface area contributed by atoms with Gasteiger partial charge in [0.1, 0.15) is 6.04 Å². The zero-order valence-electron chi connectivity index (χ0n) is 17.6. The molecule has 7 nitrogen and oxygen atoms in total. The molecule has 1 aromatic rings. The lowest BCUT2D eigenvalue weighted by molar-refractivity contribution is -0.141. The normalized spacial score (nSPS) is 20.4. The third-order valence-corrected chi connectivity index (χ3v) is 6.24. The summed E-state index contributed by atoms with van der Waals surface area (Å²) in [6.45, 7) is 2.40. The van der Waals surface area contributed by atoms with E-state index in [1.165, 1.54) is 6.42 Å². The first-order chi connectivity index (χ1) is 13.9. The van der Waals surface area contributed by atoms with Crippen molar-refractivity contribution in [1.29, 1.82) is 0 Å². The van der Waals surface area contributed by atoms with Crippen LogP contribution in [0, 0.1) is 5.41 Å². The second-order valence-electron chi connectivity index (χ2n) is 8.35. The largest absolute Gasteiger partial charge is 0.493 e. The number of aliphatic hydroxyl groups is 1. The number of methoxy groups -OCH3 is 2. The summed E-state index contributed by atoms with van der Waals surface area (Å²) in [6, 6.07) is 4.55. The van der Waals surface area contributed by atoms with Gasteiger partial charge in [0.15, 0.2) is 11.5 Å². The molecule has 0 radical (unpaired) electrons. The molecule has 2 aliphatic rings. The van der Waals surface area contributed by atoms with Crippen LogP contribution in [0.3, 0.4) is 0 Å². The van der Waals surface area contributed by atoms with Gasteiger partial charge in [-0.05, 0) is 42.9 Å². The minimum absolute atomic E-state index is 0.0217. The van der Waals surface area contributed by atoms with Crippen molar-refractivity contribution in [1.82, 2.24) is 10.2 Å². The van der Waals surface area contributed by atoms with Gasteiger partial charge < -0.3 is 24.8 Å². The number of rotatable bonds is 7. The van der Waals surface area contributed by atoms with Gasteiger partial charge in [-0.2, -0.15) is 0 Å². The quantitative estimate of drug-likeness (QED) is 0.728. The van der Waals surface area contributed by atoms with Crippen LogP contribution in [-0.2, 0) is 16.1 Å². The number of nitrogens with one attached hydrogen (secondary N) is 1. The van der Waals surface area contributed by atoms with E-state index in [1.54, 1.807) is 38.2 Å². The molecule has 1 aromatic carbocycles. The van der Waals surface area contributed by atoms with Crippen LogP contribution >= 0.6 is 0 Å². The Labute approximate surface area is 172 Å². The Morgan fingerprint density at radius 2 is 1.90 bits per heavy atom. The van der Waals surface area contributed by atoms with Gasteiger partial charge in [0.25, 0.3) is 0 Å². The number of aliphatic hydroxyl groups excluding tert-OH is 1. The summed E-state index contributed by atoms with van der Waals surface area (Å²) in [6.07, 6.45) is 5.06. The Kier molecular flexibility index (Phi) is 6.67. The number of ether oxygens (including phenoxy) is 2. The number of carbonyl (C=O) groups excluding carboxylic acids is 2. The highest BCUT2D eigenvalue weighted by Gasteiger charge is 2.48. The Bertz CT molecular complexity index is 743. The van der Waals surface area contributed by atoms with Crippen molar-refractivity contribution in [2.45, 2.75) is 64.1 Å². The molecular formula is C22H32N2O5. The summed E-state index contributed by atoms with van der Waals surface area (Å²) < 4.78 is 10.5. The Balaban J connectivity index is 1.68. The van der Waals surface area contributed by atoms with E-state index in [1.807, 2.05) is 6.07 Å². The molecule has 1 spiro atoms. The Hall–Kier alpha value is -2.28. The first-order valence-electron chi connectivity index (χ1n) is 10.4. The third kappa shape index (κ3) is 4.66. The minimum Gasteiger partial charge on any atom is -0.493 e. The molecule has 2 fully saturated rings. The fraction of sp³-hybridized carbons (Fsp3) is 0.636. The van der Waals surface area contributed by atoms with Crippen LogP contribution in [0.15, 0.2) is 18.2 Å². The van der Waals surface area contributed by atoms with Gasteiger partial charge in [0.05, 0.1) is 20.3 Å². The lowest BCUT2D eigenvalue weighted by Gasteiger charge is -2.35. The zero-order valence-corrected chi connectivity index (χ0v) is 17.6. The number of hydrogen-bond donors (Lipinski definition) is 2. The maximum atomic E-state index is 12.9. The number of nitrogens with zero attached hydrogens (tertiary/aromatic N) is 1. The van der Waals surface area contributed by atoms with Crippen LogP contribution in [0.2, 0.25) is 0 Å². The number of likely N-dealkylation sites (tertiary alicyclic amines) is 1. The summed E-state index contributed by atoms with van der Waals surface area (Å²) >= 11 is 0. The fourth-order valence-electron chi connectivity index (χ4n) is 4.72. The highest BCUT2D eigenvalue weighted by Crippen LogP contribution is 2.45. The van der Waals surface area contributed by atoms with Crippen LogP contribution < -0.4 is 14.8 Å². The molecule has 1 heterocycles. The number of hydrogen-bond acceptors (Lipinski definition) is 5. The van der Waals surface area contributed by atoms with Crippen LogP contribution in [0.25, 0.3) is 0 Å². The number of benzene rings is 1. The van der Waals surface area contributed by atoms with Gasteiger partial charge in [0, 0.05) is 19.5 Å². The molecule has 160 valence electrons. The molecule has 0 unspecified atom stereocenters. The molecule has 2 atom stereocenters. The van der Waals surface area contributed by atoms with E-state index in [9.17, 15) is 14.7 Å². The van der Waals surface area contributed by atoms with Gasteiger partial charge in [-0.25, -0.2) is 0 Å². The fourth-order valence-corrected chi connectivity index (χ4v) is 4.72. The van der Waals surface area contributed by atoms with E-state index in [4.69, 9.17) is 9.47 Å². The smallest absolute Gasteiger partial charge is 0.245 e. The molecule has 0 bridgehead atoms. The highest BCUT2D eigenvalue weighted by molar-refractivity contribution is 5.89. The van der Waals surface area contributed by atoms with E-state index >= 15 is 0 Å². The third-order valence-electron chi connectivity index (χ3n) is 6.24. The summed E-state index contributed by atoms with van der Waals surface area (Å²) in [5.74, 6) is 0.834. The predicted octanol–water partition coefficient (Wildman–Crippen LogP) is 2.25. The van der Waals surface area contributed by atoms with Crippen molar-refractivity contribution >= 4 is 11.8 Å². The molecule has 3 rings (SSSR count). The average Bonchev–Trinajstić information content (AvgIpc) is 3.01. The molecule has 1 saturated carbocycles. The maximum absolute atomic E-state index is 12.9. The Morgan fingerprint density at radius 3 is 2.52 bits per heavy atom. The van der Waals surface area contributed by atoms with Gasteiger partial charge in [-0.1, -0.05) is 25.3 Å². The summed E-state index contributed by atoms with van der Waals surface area (Å²) in [5, 5.41) is 13.2. The average molecular weight is 405 g/mol. The van der Waals surface area contributed by atoms with Crippen molar-refractivity contribution in [2.24, 2.45) is 5.41 Å².